The second-order valence-electron chi connectivity index (χ2n) is 7.59. The predicted molar refractivity (Wildman–Crippen MR) is 95.0 cm³/mol. The van der Waals surface area contributed by atoms with E-state index in [1.165, 1.54) is 0 Å². The number of halogens is 2. The molecule has 2 heterocycles. The fourth-order valence-corrected chi connectivity index (χ4v) is 4.13. The Balaban J connectivity index is 1.65. The highest BCUT2D eigenvalue weighted by molar-refractivity contribution is 6.34. The molecule has 6 heteroatoms. The van der Waals surface area contributed by atoms with E-state index in [0.29, 0.717) is 15.8 Å². The van der Waals surface area contributed by atoms with Gasteiger partial charge in [-0.05, 0) is 51.8 Å². The summed E-state index contributed by atoms with van der Waals surface area (Å²) >= 11 is 12.1. The van der Waals surface area contributed by atoms with Crippen molar-refractivity contribution >= 4 is 29.3 Å². The maximum Gasteiger partial charge on any atom is 0.410 e. The van der Waals surface area contributed by atoms with Crippen LogP contribution in [0.3, 0.4) is 0 Å². The third-order valence-electron chi connectivity index (χ3n) is 4.43. The van der Waals surface area contributed by atoms with Gasteiger partial charge in [-0.25, -0.2) is 4.79 Å². The quantitative estimate of drug-likeness (QED) is 0.707. The van der Waals surface area contributed by atoms with Gasteiger partial charge in [0.25, 0.3) is 0 Å². The molecule has 1 aromatic rings. The molecule has 2 saturated heterocycles. The molecule has 2 aliphatic rings. The Kier molecular flexibility index (Phi) is 4.89. The van der Waals surface area contributed by atoms with Gasteiger partial charge in [-0.15, -0.1) is 0 Å². The first-order valence-electron chi connectivity index (χ1n) is 8.35. The number of benzene rings is 1. The second-order valence-corrected chi connectivity index (χ2v) is 8.46. The number of hydrogen-bond acceptors (Lipinski definition) is 3. The molecule has 2 unspecified atom stereocenters. The van der Waals surface area contributed by atoms with Gasteiger partial charge in [-0.2, -0.15) is 0 Å². The number of ether oxygens (including phenoxy) is 2. The molecular weight excluding hydrogens is 349 g/mol. The van der Waals surface area contributed by atoms with Gasteiger partial charge in [0, 0.05) is 35.0 Å². The molecule has 0 saturated carbocycles. The van der Waals surface area contributed by atoms with Crippen molar-refractivity contribution in [1.82, 2.24) is 4.90 Å². The molecule has 4 nitrogen and oxygen atoms in total. The number of piperidine rings is 1. The number of carbonyl (C=O) groups is 1. The first-order chi connectivity index (χ1) is 11.2. The van der Waals surface area contributed by atoms with E-state index in [1.807, 2.05) is 25.7 Å². The van der Waals surface area contributed by atoms with Crippen LogP contribution < -0.4 is 4.74 Å². The van der Waals surface area contributed by atoms with Crippen molar-refractivity contribution in [3.8, 4) is 5.75 Å². The fourth-order valence-electron chi connectivity index (χ4n) is 3.63. The van der Waals surface area contributed by atoms with E-state index < -0.39 is 5.60 Å². The van der Waals surface area contributed by atoms with Crippen LogP contribution in [0.4, 0.5) is 4.79 Å². The lowest BCUT2D eigenvalue weighted by atomic mass is 10.00. The lowest BCUT2D eigenvalue weighted by Crippen LogP contribution is -2.50. The number of amides is 1. The van der Waals surface area contributed by atoms with E-state index in [0.717, 1.165) is 25.7 Å². The van der Waals surface area contributed by atoms with Crippen molar-refractivity contribution in [3.63, 3.8) is 0 Å². The highest BCUT2D eigenvalue weighted by atomic mass is 35.5. The summed E-state index contributed by atoms with van der Waals surface area (Å²) in [5.74, 6) is 0.683. The summed E-state index contributed by atoms with van der Waals surface area (Å²) in [5, 5.41) is 1.12. The predicted octanol–water partition coefficient (Wildman–Crippen LogP) is 5.30. The molecule has 24 heavy (non-hydrogen) atoms. The smallest absolute Gasteiger partial charge is 0.410 e. The Morgan fingerprint density at radius 1 is 1.08 bits per heavy atom. The average molecular weight is 372 g/mol. The number of fused-ring (bicyclic) bond motifs is 2. The molecule has 2 bridgehead atoms. The van der Waals surface area contributed by atoms with E-state index in [9.17, 15) is 4.79 Å². The van der Waals surface area contributed by atoms with Crippen LogP contribution in [0.15, 0.2) is 18.2 Å². The van der Waals surface area contributed by atoms with Crippen molar-refractivity contribution in [3.05, 3.63) is 28.2 Å². The molecule has 2 fully saturated rings. The Hall–Kier alpha value is -1.13. The van der Waals surface area contributed by atoms with Crippen molar-refractivity contribution in [2.24, 2.45) is 0 Å². The highest BCUT2D eigenvalue weighted by Gasteiger charge is 2.45. The molecule has 2 aliphatic heterocycles. The van der Waals surface area contributed by atoms with E-state index in [1.54, 1.807) is 18.2 Å². The summed E-state index contributed by atoms with van der Waals surface area (Å²) < 4.78 is 11.6. The van der Waals surface area contributed by atoms with Crippen LogP contribution in [0.2, 0.25) is 10.0 Å². The van der Waals surface area contributed by atoms with Crippen LogP contribution >= 0.6 is 23.2 Å². The Morgan fingerprint density at radius 2 is 1.62 bits per heavy atom. The topological polar surface area (TPSA) is 38.8 Å². The van der Waals surface area contributed by atoms with Crippen molar-refractivity contribution in [1.29, 1.82) is 0 Å². The van der Waals surface area contributed by atoms with Crippen LogP contribution in [0, 0.1) is 0 Å². The van der Waals surface area contributed by atoms with Gasteiger partial charge < -0.3 is 14.4 Å². The molecule has 0 N–H and O–H groups in total. The normalized spacial score (nSPS) is 26.4. The number of rotatable bonds is 2. The minimum Gasteiger partial charge on any atom is -0.490 e. The van der Waals surface area contributed by atoms with Gasteiger partial charge >= 0.3 is 6.09 Å². The average Bonchev–Trinajstić information content (AvgIpc) is 2.68. The van der Waals surface area contributed by atoms with E-state index in [2.05, 4.69) is 0 Å². The van der Waals surface area contributed by atoms with Gasteiger partial charge in [0.15, 0.2) is 0 Å². The molecule has 0 aromatic heterocycles. The molecular formula is C18H23Cl2NO3. The van der Waals surface area contributed by atoms with Crippen LogP contribution in [-0.2, 0) is 4.74 Å². The zero-order chi connectivity index (χ0) is 17.5. The summed E-state index contributed by atoms with van der Waals surface area (Å²) in [6, 6.07) is 5.59. The largest absolute Gasteiger partial charge is 0.490 e. The fraction of sp³-hybridized carbons (Fsp3) is 0.611. The van der Waals surface area contributed by atoms with E-state index in [4.69, 9.17) is 32.7 Å². The lowest BCUT2D eigenvalue weighted by Gasteiger charge is -2.39. The van der Waals surface area contributed by atoms with Crippen molar-refractivity contribution < 1.29 is 14.3 Å². The zero-order valence-corrected chi connectivity index (χ0v) is 15.7. The van der Waals surface area contributed by atoms with Crippen LogP contribution in [0.1, 0.15) is 46.5 Å². The van der Waals surface area contributed by atoms with E-state index in [-0.39, 0.29) is 24.3 Å². The van der Waals surface area contributed by atoms with Gasteiger partial charge in [0.1, 0.15) is 17.5 Å². The van der Waals surface area contributed by atoms with Crippen molar-refractivity contribution in [2.45, 2.75) is 70.2 Å². The first kappa shape index (κ1) is 17.7. The molecule has 132 valence electrons. The molecule has 0 spiro atoms. The van der Waals surface area contributed by atoms with Gasteiger partial charge in [-0.1, -0.05) is 23.2 Å². The maximum absolute atomic E-state index is 12.5. The SMILES string of the molecule is CC(C)(C)OC(=O)N1C2CC[C@@H]1CC(Oc1cc(Cl)cc(Cl)c1)C2. The van der Waals surface area contributed by atoms with Crippen LogP contribution in [0.25, 0.3) is 0 Å². The third kappa shape index (κ3) is 4.09. The standard InChI is InChI=1S/C18H23Cl2NO3/c1-18(2,3)24-17(22)21-13-4-5-14(21)10-16(9-13)23-15-7-11(19)6-12(20)8-15/h6-8,13-14,16H,4-5,9-10H2,1-3H3/t13-,14?,16?/m1/s1. The summed E-state index contributed by atoms with van der Waals surface area (Å²) in [6.45, 7) is 5.68. The van der Waals surface area contributed by atoms with Gasteiger partial charge in [0.2, 0.25) is 0 Å². The van der Waals surface area contributed by atoms with Gasteiger partial charge in [0.05, 0.1) is 0 Å². The monoisotopic (exact) mass is 371 g/mol. The zero-order valence-electron chi connectivity index (χ0n) is 14.2. The Labute approximate surface area is 153 Å². The van der Waals surface area contributed by atoms with Crippen LogP contribution in [-0.4, -0.2) is 34.8 Å². The summed E-state index contributed by atoms with van der Waals surface area (Å²) in [4.78, 5) is 14.4. The first-order valence-corrected chi connectivity index (χ1v) is 9.11. The number of carbonyl (C=O) groups excluding carboxylic acids is 1. The summed E-state index contributed by atoms with van der Waals surface area (Å²) in [5.41, 5.74) is -0.471. The number of hydrogen-bond donors (Lipinski definition) is 0. The van der Waals surface area contributed by atoms with Gasteiger partial charge in [-0.3, -0.25) is 0 Å². The third-order valence-corrected chi connectivity index (χ3v) is 4.87. The minimum atomic E-state index is -0.471. The molecule has 3 rings (SSSR count). The minimum absolute atomic E-state index is 0.0655. The Morgan fingerprint density at radius 3 is 2.12 bits per heavy atom. The second kappa shape index (κ2) is 6.64. The molecule has 0 aliphatic carbocycles. The lowest BCUT2D eigenvalue weighted by molar-refractivity contribution is -0.00706. The van der Waals surface area contributed by atoms with Crippen molar-refractivity contribution in [2.75, 3.05) is 0 Å². The molecule has 0 radical (unpaired) electrons. The molecule has 1 aromatic carbocycles. The molecule has 1 amide bonds. The summed E-state index contributed by atoms with van der Waals surface area (Å²) in [7, 11) is 0. The summed E-state index contributed by atoms with van der Waals surface area (Å²) in [6.07, 6.45) is 3.47. The van der Waals surface area contributed by atoms with Crippen LogP contribution in [0.5, 0.6) is 5.75 Å². The van der Waals surface area contributed by atoms with E-state index >= 15 is 0 Å². The maximum atomic E-state index is 12.5. The highest BCUT2D eigenvalue weighted by Crippen LogP contribution is 2.38. The molecule has 3 atom stereocenters. The number of nitrogens with zero attached hydrogens (tertiary/aromatic N) is 1. The Bertz CT molecular complexity index is 595.